The van der Waals surface area contributed by atoms with E-state index in [-0.39, 0.29) is 5.91 Å². The molecule has 0 unspecified atom stereocenters. The molecule has 2 rings (SSSR count). The number of rotatable bonds is 10. The van der Waals surface area contributed by atoms with Gasteiger partial charge in [0.15, 0.2) is 0 Å². The Balaban J connectivity index is 1.47. The summed E-state index contributed by atoms with van der Waals surface area (Å²) >= 11 is 0. The molecule has 5 heteroatoms. The summed E-state index contributed by atoms with van der Waals surface area (Å²) in [7, 11) is 1.64. The maximum atomic E-state index is 11.8. The van der Waals surface area contributed by atoms with Crippen LogP contribution in [0.15, 0.2) is 24.3 Å². The van der Waals surface area contributed by atoms with Gasteiger partial charge in [0.25, 0.3) is 0 Å². The SMILES string of the molecule is COc1ccc(OCCCC(=O)NCCCN2CCCCCC2)cc1. The van der Waals surface area contributed by atoms with E-state index >= 15 is 0 Å². The highest BCUT2D eigenvalue weighted by atomic mass is 16.5. The first kappa shape index (κ1) is 19.6. The number of methoxy groups -OCH3 is 1. The van der Waals surface area contributed by atoms with Gasteiger partial charge < -0.3 is 19.7 Å². The third-order valence-corrected chi connectivity index (χ3v) is 4.55. The zero-order chi connectivity index (χ0) is 17.7. The van der Waals surface area contributed by atoms with E-state index in [1.165, 1.54) is 38.8 Å². The van der Waals surface area contributed by atoms with Crippen molar-refractivity contribution >= 4 is 5.91 Å². The fourth-order valence-corrected chi connectivity index (χ4v) is 3.07. The minimum Gasteiger partial charge on any atom is -0.497 e. The Morgan fingerprint density at radius 3 is 2.40 bits per heavy atom. The average Bonchev–Trinajstić information content (AvgIpc) is 2.92. The van der Waals surface area contributed by atoms with Crippen molar-refractivity contribution in [2.75, 3.05) is 39.9 Å². The number of carbonyl (C=O) groups excluding carboxylic acids is 1. The van der Waals surface area contributed by atoms with Gasteiger partial charge in [-0.05, 0) is 69.6 Å². The predicted octanol–water partition coefficient (Wildman–Crippen LogP) is 3.24. The van der Waals surface area contributed by atoms with Crippen molar-refractivity contribution in [3.63, 3.8) is 0 Å². The molecule has 1 aromatic rings. The second-order valence-electron chi connectivity index (χ2n) is 6.59. The molecule has 0 saturated carbocycles. The monoisotopic (exact) mass is 348 g/mol. The number of nitrogens with one attached hydrogen (secondary N) is 1. The van der Waals surface area contributed by atoms with Crippen LogP contribution in [-0.2, 0) is 4.79 Å². The smallest absolute Gasteiger partial charge is 0.220 e. The van der Waals surface area contributed by atoms with Crippen molar-refractivity contribution < 1.29 is 14.3 Å². The van der Waals surface area contributed by atoms with Gasteiger partial charge in [0.1, 0.15) is 11.5 Å². The van der Waals surface area contributed by atoms with Gasteiger partial charge in [-0.2, -0.15) is 0 Å². The molecule has 25 heavy (non-hydrogen) atoms. The summed E-state index contributed by atoms with van der Waals surface area (Å²) in [6.45, 7) is 4.86. The van der Waals surface area contributed by atoms with Gasteiger partial charge in [0.2, 0.25) is 5.91 Å². The fraction of sp³-hybridized carbons (Fsp3) is 0.650. The van der Waals surface area contributed by atoms with Crippen molar-refractivity contribution in [2.24, 2.45) is 0 Å². The summed E-state index contributed by atoms with van der Waals surface area (Å²) in [5.41, 5.74) is 0. The molecule has 0 spiro atoms. The second-order valence-corrected chi connectivity index (χ2v) is 6.59. The summed E-state index contributed by atoms with van der Waals surface area (Å²) < 4.78 is 10.7. The Labute approximate surface area is 151 Å². The lowest BCUT2D eigenvalue weighted by Gasteiger charge is -2.19. The Kier molecular flexibility index (Phi) is 9.19. The third-order valence-electron chi connectivity index (χ3n) is 4.55. The number of ether oxygens (including phenoxy) is 2. The number of likely N-dealkylation sites (tertiary alicyclic amines) is 1. The molecule has 1 aliphatic heterocycles. The van der Waals surface area contributed by atoms with E-state index in [4.69, 9.17) is 9.47 Å². The number of carbonyl (C=O) groups is 1. The van der Waals surface area contributed by atoms with Crippen LogP contribution in [0.4, 0.5) is 0 Å². The lowest BCUT2D eigenvalue weighted by atomic mass is 10.2. The molecule has 0 aliphatic carbocycles. The molecule has 0 radical (unpaired) electrons. The highest BCUT2D eigenvalue weighted by Gasteiger charge is 2.08. The zero-order valence-corrected chi connectivity index (χ0v) is 15.5. The maximum Gasteiger partial charge on any atom is 0.220 e. The fourth-order valence-electron chi connectivity index (χ4n) is 3.07. The van der Waals surface area contributed by atoms with Crippen molar-refractivity contribution in [1.82, 2.24) is 10.2 Å². The largest absolute Gasteiger partial charge is 0.497 e. The molecule has 5 nitrogen and oxygen atoms in total. The lowest BCUT2D eigenvalue weighted by Crippen LogP contribution is -2.30. The molecule has 1 heterocycles. The minimum atomic E-state index is 0.120. The van der Waals surface area contributed by atoms with Gasteiger partial charge in [0, 0.05) is 13.0 Å². The van der Waals surface area contributed by atoms with Crippen LogP contribution in [0.5, 0.6) is 11.5 Å². The van der Waals surface area contributed by atoms with Gasteiger partial charge in [-0.15, -0.1) is 0 Å². The lowest BCUT2D eigenvalue weighted by molar-refractivity contribution is -0.121. The van der Waals surface area contributed by atoms with E-state index < -0.39 is 0 Å². The summed E-state index contributed by atoms with van der Waals surface area (Å²) in [6.07, 6.45) is 7.65. The molecule has 0 bridgehead atoms. The Hall–Kier alpha value is -1.75. The molecular formula is C20H32N2O3. The van der Waals surface area contributed by atoms with E-state index in [0.29, 0.717) is 13.0 Å². The van der Waals surface area contributed by atoms with E-state index in [9.17, 15) is 4.79 Å². The van der Waals surface area contributed by atoms with Gasteiger partial charge in [-0.1, -0.05) is 12.8 Å². The zero-order valence-electron chi connectivity index (χ0n) is 15.5. The van der Waals surface area contributed by atoms with Crippen LogP contribution < -0.4 is 14.8 Å². The van der Waals surface area contributed by atoms with E-state index in [1.54, 1.807) is 7.11 Å². The van der Waals surface area contributed by atoms with Crippen LogP contribution in [-0.4, -0.2) is 50.7 Å². The number of nitrogens with zero attached hydrogens (tertiary/aromatic N) is 1. The van der Waals surface area contributed by atoms with Gasteiger partial charge >= 0.3 is 0 Å². The maximum absolute atomic E-state index is 11.8. The standard InChI is InChI=1S/C20H32N2O3/c1-24-18-9-11-19(12-10-18)25-17-6-8-20(23)21-13-7-16-22-14-4-2-3-5-15-22/h9-12H,2-8,13-17H2,1H3,(H,21,23). The molecule has 1 amide bonds. The van der Waals surface area contributed by atoms with Crippen molar-refractivity contribution in [2.45, 2.75) is 44.9 Å². The number of hydrogen-bond acceptors (Lipinski definition) is 4. The molecule has 1 saturated heterocycles. The third kappa shape index (κ3) is 8.25. The van der Waals surface area contributed by atoms with Crippen LogP contribution in [0.1, 0.15) is 44.9 Å². The molecule has 1 N–H and O–H groups in total. The van der Waals surface area contributed by atoms with Crippen molar-refractivity contribution in [1.29, 1.82) is 0 Å². The average molecular weight is 348 g/mol. The first-order valence-corrected chi connectivity index (χ1v) is 9.54. The molecule has 140 valence electrons. The van der Waals surface area contributed by atoms with Gasteiger partial charge in [-0.3, -0.25) is 4.79 Å². The molecule has 0 atom stereocenters. The van der Waals surface area contributed by atoms with E-state index in [0.717, 1.165) is 37.4 Å². The Morgan fingerprint density at radius 1 is 1.04 bits per heavy atom. The topological polar surface area (TPSA) is 50.8 Å². The number of benzene rings is 1. The second kappa shape index (κ2) is 11.7. The summed E-state index contributed by atoms with van der Waals surface area (Å²) in [6, 6.07) is 7.49. The van der Waals surface area contributed by atoms with Gasteiger partial charge in [-0.25, -0.2) is 0 Å². The molecule has 1 aliphatic rings. The first-order valence-electron chi connectivity index (χ1n) is 9.54. The predicted molar refractivity (Wildman–Crippen MR) is 100 cm³/mol. The molecular weight excluding hydrogens is 316 g/mol. The van der Waals surface area contributed by atoms with Crippen molar-refractivity contribution in [3.05, 3.63) is 24.3 Å². The number of hydrogen-bond donors (Lipinski definition) is 1. The first-order chi connectivity index (χ1) is 12.3. The Morgan fingerprint density at radius 2 is 1.72 bits per heavy atom. The highest BCUT2D eigenvalue weighted by molar-refractivity contribution is 5.75. The quantitative estimate of drug-likeness (QED) is 0.660. The normalized spacial score (nSPS) is 15.4. The van der Waals surface area contributed by atoms with Crippen LogP contribution in [0.3, 0.4) is 0 Å². The van der Waals surface area contributed by atoms with Gasteiger partial charge in [0.05, 0.1) is 13.7 Å². The highest BCUT2D eigenvalue weighted by Crippen LogP contribution is 2.17. The molecule has 1 fully saturated rings. The number of amides is 1. The van der Waals surface area contributed by atoms with Crippen LogP contribution >= 0.6 is 0 Å². The minimum absolute atomic E-state index is 0.120. The van der Waals surface area contributed by atoms with E-state index in [2.05, 4.69) is 10.2 Å². The van der Waals surface area contributed by atoms with Crippen LogP contribution in [0, 0.1) is 0 Å². The van der Waals surface area contributed by atoms with E-state index in [1.807, 2.05) is 24.3 Å². The summed E-state index contributed by atoms with van der Waals surface area (Å²) in [5, 5.41) is 3.01. The Bertz CT molecular complexity index is 482. The summed E-state index contributed by atoms with van der Waals surface area (Å²) in [4.78, 5) is 14.4. The molecule has 1 aromatic carbocycles. The summed E-state index contributed by atoms with van der Waals surface area (Å²) in [5.74, 6) is 1.74. The molecule has 0 aromatic heterocycles. The van der Waals surface area contributed by atoms with Crippen LogP contribution in [0.2, 0.25) is 0 Å². The van der Waals surface area contributed by atoms with Crippen molar-refractivity contribution in [3.8, 4) is 11.5 Å². The van der Waals surface area contributed by atoms with Crippen LogP contribution in [0.25, 0.3) is 0 Å².